The molecule has 25 heavy (non-hydrogen) atoms. The van der Waals surface area contributed by atoms with Crippen molar-refractivity contribution in [2.45, 2.75) is 26.7 Å². The van der Waals surface area contributed by atoms with E-state index in [2.05, 4.69) is 21.0 Å². The van der Waals surface area contributed by atoms with E-state index >= 15 is 0 Å². The molecule has 0 fully saturated rings. The van der Waals surface area contributed by atoms with Crippen molar-refractivity contribution in [2.24, 2.45) is 0 Å². The lowest BCUT2D eigenvalue weighted by Crippen LogP contribution is -2.03. The van der Waals surface area contributed by atoms with E-state index in [-0.39, 0.29) is 11.6 Å². The molecule has 0 bridgehead atoms. The maximum atomic E-state index is 10.2. The number of aromatic hydroxyl groups is 1. The Bertz CT molecular complexity index is 1060. The van der Waals surface area contributed by atoms with Gasteiger partial charge in [-0.2, -0.15) is 5.26 Å². The van der Waals surface area contributed by atoms with Gasteiger partial charge < -0.3 is 15.8 Å². The third-order valence-corrected chi connectivity index (χ3v) is 4.70. The molecule has 1 aliphatic rings. The van der Waals surface area contributed by atoms with Gasteiger partial charge in [0.2, 0.25) is 0 Å². The Morgan fingerprint density at radius 1 is 1.28 bits per heavy atom. The lowest BCUT2D eigenvalue weighted by atomic mass is 9.97. The van der Waals surface area contributed by atoms with Crippen LogP contribution in [-0.2, 0) is 12.8 Å². The third-order valence-electron chi connectivity index (χ3n) is 4.70. The minimum Gasteiger partial charge on any atom is -0.508 e. The molecule has 6 heteroatoms. The highest BCUT2D eigenvalue weighted by molar-refractivity contribution is 5.88. The predicted octanol–water partition coefficient (Wildman–Crippen LogP) is 3.07. The normalized spacial score (nSPS) is 11.9. The van der Waals surface area contributed by atoms with E-state index < -0.39 is 0 Å². The van der Waals surface area contributed by atoms with Crippen LogP contribution in [0.2, 0.25) is 0 Å². The fourth-order valence-corrected chi connectivity index (χ4v) is 3.50. The van der Waals surface area contributed by atoms with Crippen LogP contribution < -0.4 is 5.73 Å². The molecule has 2 aromatic heterocycles. The van der Waals surface area contributed by atoms with Gasteiger partial charge in [-0.3, -0.25) is 0 Å². The largest absolute Gasteiger partial charge is 0.508 e. The van der Waals surface area contributed by atoms with Gasteiger partial charge >= 0.3 is 0 Å². The van der Waals surface area contributed by atoms with Crippen molar-refractivity contribution >= 4 is 5.82 Å². The van der Waals surface area contributed by atoms with Gasteiger partial charge in [0.25, 0.3) is 0 Å². The number of nitrogens with one attached hydrogen (secondary N) is 1. The predicted molar refractivity (Wildman–Crippen MR) is 95.0 cm³/mol. The second-order valence-electron chi connectivity index (χ2n) is 6.18. The lowest BCUT2D eigenvalue weighted by Gasteiger charge is -2.11. The molecule has 0 saturated heterocycles. The third kappa shape index (κ3) is 2.09. The highest BCUT2D eigenvalue weighted by atomic mass is 16.3. The van der Waals surface area contributed by atoms with E-state index in [1.807, 2.05) is 19.9 Å². The Balaban J connectivity index is 2.06. The zero-order valence-corrected chi connectivity index (χ0v) is 14.0. The van der Waals surface area contributed by atoms with Crippen LogP contribution in [0.5, 0.6) is 5.75 Å². The molecule has 3 aromatic rings. The average molecular weight is 331 g/mol. The number of imidazole rings is 1. The van der Waals surface area contributed by atoms with E-state index in [1.54, 1.807) is 12.1 Å². The van der Waals surface area contributed by atoms with Gasteiger partial charge in [-0.15, -0.1) is 0 Å². The average Bonchev–Trinajstić information content (AvgIpc) is 3.15. The Morgan fingerprint density at radius 3 is 2.76 bits per heavy atom. The molecule has 0 spiro atoms. The molecular weight excluding hydrogens is 314 g/mol. The molecular formula is C19H17N5O. The van der Waals surface area contributed by atoms with Gasteiger partial charge in [-0.1, -0.05) is 19.1 Å². The number of pyridine rings is 1. The highest BCUT2D eigenvalue weighted by Gasteiger charge is 2.30. The summed E-state index contributed by atoms with van der Waals surface area (Å²) in [5.41, 5.74) is 12.0. The van der Waals surface area contributed by atoms with Gasteiger partial charge in [0, 0.05) is 35.2 Å². The van der Waals surface area contributed by atoms with Crippen molar-refractivity contribution in [2.75, 3.05) is 5.73 Å². The second-order valence-corrected chi connectivity index (χ2v) is 6.18. The van der Waals surface area contributed by atoms with Gasteiger partial charge in [0.1, 0.15) is 29.0 Å². The van der Waals surface area contributed by atoms with Crippen molar-refractivity contribution in [3.63, 3.8) is 0 Å². The van der Waals surface area contributed by atoms with Crippen LogP contribution in [-0.4, -0.2) is 20.1 Å². The number of phenolic OH excluding ortho intramolecular Hbond substituents is 1. The molecule has 6 nitrogen and oxygen atoms in total. The van der Waals surface area contributed by atoms with Crippen molar-refractivity contribution in [3.8, 4) is 34.3 Å². The lowest BCUT2D eigenvalue weighted by molar-refractivity contribution is 0.470. The summed E-state index contributed by atoms with van der Waals surface area (Å²) in [5.74, 6) is 1.28. The number of benzene rings is 1. The van der Waals surface area contributed by atoms with Crippen LogP contribution in [0.25, 0.3) is 22.5 Å². The summed E-state index contributed by atoms with van der Waals surface area (Å²) >= 11 is 0. The Morgan fingerprint density at radius 2 is 2.08 bits per heavy atom. The first-order chi connectivity index (χ1) is 12.0. The molecule has 0 saturated carbocycles. The quantitative estimate of drug-likeness (QED) is 0.522. The molecule has 124 valence electrons. The number of aromatic nitrogens is 3. The Kier molecular flexibility index (Phi) is 3.25. The van der Waals surface area contributed by atoms with Crippen molar-refractivity contribution in [1.82, 2.24) is 15.0 Å². The van der Waals surface area contributed by atoms with E-state index in [9.17, 15) is 10.4 Å². The number of hydrogen-bond acceptors (Lipinski definition) is 5. The summed E-state index contributed by atoms with van der Waals surface area (Å²) in [5, 5.41) is 19.9. The zero-order valence-electron chi connectivity index (χ0n) is 14.0. The summed E-state index contributed by atoms with van der Waals surface area (Å²) in [7, 11) is 0. The number of nitrogen functional groups attached to an aromatic ring is 1. The summed E-state index contributed by atoms with van der Waals surface area (Å²) in [6.45, 7) is 3.96. The summed E-state index contributed by atoms with van der Waals surface area (Å²) < 4.78 is 0. The minimum absolute atomic E-state index is 0.188. The summed E-state index contributed by atoms with van der Waals surface area (Å²) in [4.78, 5) is 12.4. The number of hydrogen-bond donors (Lipinski definition) is 3. The van der Waals surface area contributed by atoms with Crippen LogP contribution in [0.4, 0.5) is 5.82 Å². The van der Waals surface area contributed by atoms with Crippen LogP contribution >= 0.6 is 0 Å². The first-order valence-corrected chi connectivity index (χ1v) is 8.14. The first-order valence-electron chi connectivity index (χ1n) is 8.14. The number of nitrogens with two attached hydrogens (primary N) is 1. The topological polar surface area (TPSA) is 112 Å². The monoisotopic (exact) mass is 331 g/mol. The van der Waals surface area contributed by atoms with E-state index in [4.69, 9.17) is 5.73 Å². The molecule has 0 atom stereocenters. The van der Waals surface area contributed by atoms with E-state index in [0.29, 0.717) is 17.5 Å². The SMILES string of the molecule is CCc1nc(-c2c(C#N)c(N)nc3c2Cc2c(O)cccc2-3)c(C)[nH]1. The van der Waals surface area contributed by atoms with Crippen LogP contribution in [0.3, 0.4) is 0 Å². The maximum absolute atomic E-state index is 10.2. The number of nitriles is 1. The van der Waals surface area contributed by atoms with Crippen LogP contribution in [0, 0.1) is 18.3 Å². The van der Waals surface area contributed by atoms with Crippen LogP contribution in [0.15, 0.2) is 18.2 Å². The molecule has 1 aliphatic carbocycles. The first kappa shape index (κ1) is 15.2. The summed E-state index contributed by atoms with van der Waals surface area (Å²) in [6.07, 6.45) is 1.27. The second kappa shape index (κ2) is 5.35. The summed E-state index contributed by atoms with van der Waals surface area (Å²) in [6, 6.07) is 7.55. The van der Waals surface area contributed by atoms with Crippen molar-refractivity contribution in [3.05, 3.63) is 46.4 Å². The fourth-order valence-electron chi connectivity index (χ4n) is 3.50. The minimum atomic E-state index is 0.188. The van der Waals surface area contributed by atoms with Crippen LogP contribution in [0.1, 0.15) is 35.1 Å². The van der Waals surface area contributed by atoms with Crippen molar-refractivity contribution < 1.29 is 5.11 Å². The highest BCUT2D eigenvalue weighted by Crippen LogP contribution is 2.45. The van der Waals surface area contributed by atoms with Gasteiger partial charge in [0.15, 0.2) is 0 Å². The number of rotatable bonds is 2. The molecule has 2 heterocycles. The number of anilines is 1. The molecule has 1 aromatic carbocycles. The van der Waals surface area contributed by atoms with E-state index in [0.717, 1.165) is 46.0 Å². The van der Waals surface area contributed by atoms with Crippen molar-refractivity contribution in [1.29, 1.82) is 5.26 Å². The molecule has 4 rings (SSSR count). The number of fused-ring (bicyclic) bond motifs is 3. The standard InChI is InChI=1S/C19H17N5O/c1-3-15-22-9(2)17(23-15)16-12-7-11-10(5-4-6-14(11)25)18(12)24-19(21)13(16)8-20/h4-6,25H,3,7H2,1-2H3,(H2,21,24)(H,22,23). The molecule has 0 amide bonds. The Labute approximate surface area is 145 Å². The Hall–Kier alpha value is -3.33. The maximum Gasteiger partial charge on any atom is 0.142 e. The molecule has 0 radical (unpaired) electrons. The number of H-pyrrole nitrogens is 1. The van der Waals surface area contributed by atoms with Gasteiger partial charge in [0.05, 0.1) is 11.4 Å². The molecule has 4 N–H and O–H groups in total. The number of aryl methyl sites for hydroxylation is 2. The van der Waals surface area contributed by atoms with E-state index in [1.165, 1.54) is 0 Å². The zero-order chi connectivity index (χ0) is 17.7. The molecule has 0 unspecified atom stereocenters. The smallest absolute Gasteiger partial charge is 0.142 e. The number of aromatic amines is 1. The molecule has 0 aliphatic heterocycles. The van der Waals surface area contributed by atoms with Gasteiger partial charge in [-0.25, -0.2) is 9.97 Å². The number of nitrogens with zero attached hydrogens (tertiary/aromatic N) is 3. The number of phenols is 1. The van der Waals surface area contributed by atoms with Gasteiger partial charge in [-0.05, 0) is 18.6 Å². The fraction of sp³-hybridized carbons (Fsp3) is 0.211.